The van der Waals surface area contributed by atoms with E-state index < -0.39 is 5.97 Å². The van der Waals surface area contributed by atoms with Crippen LogP contribution < -0.4 is 9.47 Å². The van der Waals surface area contributed by atoms with Gasteiger partial charge in [0.2, 0.25) is 0 Å². The summed E-state index contributed by atoms with van der Waals surface area (Å²) in [7, 11) is 3.17. The number of carbonyl (C=O) groups is 2. The Morgan fingerprint density at radius 3 is 2.62 bits per heavy atom. The highest BCUT2D eigenvalue weighted by molar-refractivity contribution is 8.18. The van der Waals surface area contributed by atoms with E-state index in [1.807, 2.05) is 6.07 Å². The number of ether oxygens (including phenoxy) is 2. The van der Waals surface area contributed by atoms with Crippen molar-refractivity contribution in [3.63, 3.8) is 0 Å². The smallest absolute Gasteiger partial charge is 0.336 e. The number of hydrogen-bond acceptors (Lipinski definition) is 6. The number of amides is 1. The summed E-state index contributed by atoms with van der Waals surface area (Å²) in [6.07, 6.45) is 1.74. The quantitative estimate of drug-likeness (QED) is 0.321. The second kappa shape index (κ2) is 11.3. The van der Waals surface area contributed by atoms with E-state index in [0.29, 0.717) is 42.9 Å². The summed E-state index contributed by atoms with van der Waals surface area (Å²) in [6, 6.07) is 15.4. The van der Waals surface area contributed by atoms with Crippen molar-refractivity contribution < 1.29 is 24.2 Å². The number of carbonyl (C=O) groups excluding carboxylic acids is 1. The van der Waals surface area contributed by atoms with Crippen LogP contribution in [0, 0.1) is 6.92 Å². The molecule has 0 aromatic heterocycles. The van der Waals surface area contributed by atoms with E-state index in [9.17, 15) is 14.7 Å². The maximum atomic E-state index is 12.9. The van der Waals surface area contributed by atoms with Crippen molar-refractivity contribution in [2.45, 2.75) is 13.5 Å². The Morgan fingerprint density at radius 1 is 1.14 bits per heavy atom. The Morgan fingerprint density at radius 2 is 1.92 bits per heavy atom. The van der Waals surface area contributed by atoms with Crippen molar-refractivity contribution in [3.05, 3.63) is 91.8 Å². The van der Waals surface area contributed by atoms with E-state index in [1.165, 1.54) is 29.8 Å². The molecule has 1 heterocycles. The highest BCUT2D eigenvalue weighted by Crippen LogP contribution is 2.36. The molecule has 4 rings (SSSR count). The van der Waals surface area contributed by atoms with Gasteiger partial charge >= 0.3 is 5.97 Å². The number of thioether (sulfide) groups is 1. The number of halogens is 2. The molecule has 0 bridgehead atoms. The number of nitrogens with zero attached hydrogens (tertiary/aromatic N) is 2. The van der Waals surface area contributed by atoms with Crippen LogP contribution >= 0.6 is 35.0 Å². The SMILES string of the molecule is COc1cc(/C=C2\SC(=Nc3cccc(C(=O)O)c3C)N(C)C2=O)ccc1OCc1ccc(Cl)cc1Cl. The van der Waals surface area contributed by atoms with Gasteiger partial charge in [0, 0.05) is 22.7 Å². The fourth-order valence-electron chi connectivity index (χ4n) is 3.57. The second-order valence-corrected chi connectivity index (χ2v) is 9.91. The van der Waals surface area contributed by atoms with Gasteiger partial charge in [0.1, 0.15) is 6.61 Å². The zero-order chi connectivity index (χ0) is 26.7. The van der Waals surface area contributed by atoms with E-state index in [0.717, 1.165) is 11.1 Å². The molecule has 1 fully saturated rings. The van der Waals surface area contributed by atoms with Crippen LogP contribution in [-0.2, 0) is 11.4 Å². The molecule has 0 aliphatic carbocycles. The molecule has 37 heavy (non-hydrogen) atoms. The first-order valence-electron chi connectivity index (χ1n) is 11.0. The molecule has 0 saturated carbocycles. The first-order valence-corrected chi connectivity index (χ1v) is 12.6. The Hall–Kier alpha value is -3.46. The molecule has 1 N–H and O–H groups in total. The molecule has 0 spiro atoms. The fourth-order valence-corrected chi connectivity index (χ4v) is 5.01. The van der Waals surface area contributed by atoms with E-state index in [1.54, 1.807) is 62.5 Å². The average molecular weight is 557 g/mol. The number of aromatic carboxylic acids is 1. The lowest BCUT2D eigenvalue weighted by Crippen LogP contribution is -2.23. The zero-order valence-corrected chi connectivity index (χ0v) is 22.4. The van der Waals surface area contributed by atoms with Gasteiger partial charge in [0.15, 0.2) is 16.7 Å². The number of rotatable bonds is 7. The van der Waals surface area contributed by atoms with Crippen LogP contribution in [0.5, 0.6) is 11.5 Å². The number of aliphatic imine (C=N–C) groups is 1. The Kier molecular flexibility index (Phi) is 8.12. The molecule has 10 heteroatoms. The van der Waals surface area contributed by atoms with Crippen molar-refractivity contribution in [2.75, 3.05) is 14.2 Å². The highest BCUT2D eigenvalue weighted by atomic mass is 35.5. The lowest BCUT2D eigenvalue weighted by molar-refractivity contribution is -0.121. The van der Waals surface area contributed by atoms with Gasteiger partial charge in [-0.3, -0.25) is 9.69 Å². The number of benzene rings is 3. The summed E-state index contributed by atoms with van der Waals surface area (Å²) in [6.45, 7) is 1.92. The van der Waals surface area contributed by atoms with E-state index in [4.69, 9.17) is 32.7 Å². The summed E-state index contributed by atoms with van der Waals surface area (Å²) >= 11 is 13.4. The summed E-state index contributed by atoms with van der Waals surface area (Å²) in [5.74, 6) is -0.221. The first kappa shape index (κ1) is 26.6. The van der Waals surface area contributed by atoms with Crippen LogP contribution in [0.2, 0.25) is 10.0 Å². The minimum absolute atomic E-state index is 0.169. The van der Waals surface area contributed by atoms with E-state index >= 15 is 0 Å². The summed E-state index contributed by atoms with van der Waals surface area (Å²) < 4.78 is 11.4. The summed E-state index contributed by atoms with van der Waals surface area (Å²) in [5, 5.41) is 10.9. The molecular weight excluding hydrogens is 535 g/mol. The molecule has 0 unspecified atom stereocenters. The predicted molar refractivity (Wildman–Crippen MR) is 147 cm³/mol. The lowest BCUT2D eigenvalue weighted by Gasteiger charge is -2.12. The number of carboxylic acid groups (broad SMARTS) is 1. The Labute approximate surface area is 228 Å². The number of amidine groups is 1. The maximum Gasteiger partial charge on any atom is 0.336 e. The molecule has 3 aromatic rings. The summed E-state index contributed by atoms with van der Waals surface area (Å²) in [5.41, 5.74) is 2.71. The summed E-state index contributed by atoms with van der Waals surface area (Å²) in [4.78, 5) is 30.8. The van der Waals surface area contributed by atoms with Gasteiger partial charge in [0.05, 0.1) is 23.3 Å². The number of hydrogen-bond donors (Lipinski definition) is 1. The normalized spacial score (nSPS) is 15.5. The molecule has 1 aliphatic heterocycles. The van der Waals surface area contributed by atoms with Crippen LogP contribution in [0.1, 0.15) is 27.0 Å². The van der Waals surface area contributed by atoms with Crippen LogP contribution in [-0.4, -0.2) is 41.2 Å². The van der Waals surface area contributed by atoms with Crippen molar-refractivity contribution in [2.24, 2.45) is 4.99 Å². The van der Waals surface area contributed by atoms with Gasteiger partial charge < -0.3 is 14.6 Å². The van der Waals surface area contributed by atoms with Crippen molar-refractivity contribution in [1.29, 1.82) is 0 Å². The largest absolute Gasteiger partial charge is 0.493 e. The first-order chi connectivity index (χ1) is 17.7. The lowest BCUT2D eigenvalue weighted by atomic mass is 10.1. The molecule has 0 radical (unpaired) electrons. The van der Waals surface area contributed by atoms with Crippen molar-refractivity contribution in [3.8, 4) is 11.5 Å². The minimum atomic E-state index is -1.03. The van der Waals surface area contributed by atoms with Crippen molar-refractivity contribution >= 4 is 63.8 Å². The maximum absolute atomic E-state index is 12.9. The fraction of sp³-hybridized carbons (Fsp3) is 0.148. The highest BCUT2D eigenvalue weighted by Gasteiger charge is 2.30. The van der Waals surface area contributed by atoms with Crippen LogP contribution in [0.25, 0.3) is 6.08 Å². The molecule has 3 aromatic carbocycles. The molecule has 7 nitrogen and oxygen atoms in total. The zero-order valence-electron chi connectivity index (χ0n) is 20.1. The van der Waals surface area contributed by atoms with Crippen molar-refractivity contribution in [1.82, 2.24) is 4.90 Å². The molecule has 1 saturated heterocycles. The minimum Gasteiger partial charge on any atom is -0.493 e. The standard InChI is InChI=1S/C27H22Cl2N2O5S/c1-15-19(26(33)34)5-4-6-21(15)30-27-31(2)25(32)24(37-27)12-16-7-10-22(23(11-16)35-3)36-14-17-8-9-18(28)13-20(17)29/h4-13H,14H2,1-3H3,(H,33,34)/b24-12-,30-27?. The van der Waals surface area contributed by atoms with Gasteiger partial charge in [-0.05, 0) is 72.3 Å². The monoisotopic (exact) mass is 556 g/mol. The third-order valence-corrected chi connectivity index (χ3v) is 7.29. The number of carboxylic acids is 1. The average Bonchev–Trinajstić information content (AvgIpc) is 3.12. The van der Waals surface area contributed by atoms with Gasteiger partial charge in [-0.2, -0.15) is 0 Å². The number of methoxy groups -OCH3 is 1. The van der Waals surface area contributed by atoms with E-state index in [2.05, 4.69) is 4.99 Å². The van der Waals surface area contributed by atoms with Crippen LogP contribution in [0.3, 0.4) is 0 Å². The van der Waals surface area contributed by atoms with E-state index in [-0.39, 0.29) is 18.1 Å². The predicted octanol–water partition coefficient (Wildman–Crippen LogP) is 6.82. The van der Waals surface area contributed by atoms with Gasteiger partial charge in [-0.1, -0.05) is 41.4 Å². The third-order valence-electron chi connectivity index (χ3n) is 5.64. The molecule has 0 atom stereocenters. The third kappa shape index (κ3) is 5.93. The number of likely N-dealkylation sites (N-methyl/N-ethyl adjacent to an activating group) is 1. The second-order valence-electron chi connectivity index (χ2n) is 8.06. The van der Waals surface area contributed by atoms with Gasteiger partial charge in [0.25, 0.3) is 5.91 Å². The molecule has 1 aliphatic rings. The van der Waals surface area contributed by atoms with Gasteiger partial charge in [-0.25, -0.2) is 9.79 Å². The molecule has 1 amide bonds. The molecule has 190 valence electrons. The van der Waals surface area contributed by atoms with Crippen LogP contribution in [0.15, 0.2) is 64.5 Å². The van der Waals surface area contributed by atoms with Crippen LogP contribution in [0.4, 0.5) is 5.69 Å². The Balaban J connectivity index is 1.55. The molecular formula is C27H22Cl2N2O5S. The van der Waals surface area contributed by atoms with Gasteiger partial charge in [-0.15, -0.1) is 0 Å². The Bertz CT molecular complexity index is 1450. The topological polar surface area (TPSA) is 88.4 Å².